The molecule has 3 aromatic carbocycles. The van der Waals surface area contributed by atoms with E-state index in [1.165, 1.54) is 6.07 Å². The predicted octanol–water partition coefficient (Wildman–Crippen LogP) is 5.24. The largest absolute Gasteiger partial charge is 0.353 e. The van der Waals surface area contributed by atoms with Gasteiger partial charge in [0.15, 0.2) is 0 Å². The molecule has 98 valence electrons. The van der Waals surface area contributed by atoms with E-state index in [0.717, 1.165) is 16.8 Å². The lowest BCUT2D eigenvalue weighted by atomic mass is 10.0. The molecule has 3 rings (SSSR count). The molecule has 0 bridgehead atoms. The van der Waals surface area contributed by atoms with Crippen molar-refractivity contribution in [2.24, 2.45) is 0 Å². The van der Waals surface area contributed by atoms with Crippen LogP contribution in [0.5, 0.6) is 0 Å². The fourth-order valence-electron chi connectivity index (χ4n) is 2.17. The van der Waals surface area contributed by atoms with Crippen molar-refractivity contribution in [3.8, 4) is 11.1 Å². The van der Waals surface area contributed by atoms with Crippen molar-refractivity contribution in [2.75, 3.05) is 5.32 Å². The average molecular weight is 263 g/mol. The van der Waals surface area contributed by atoms with Crippen LogP contribution in [-0.2, 0) is 0 Å². The van der Waals surface area contributed by atoms with Gasteiger partial charge in [0.05, 0.1) is 5.69 Å². The predicted molar refractivity (Wildman–Crippen MR) is 81.6 cm³/mol. The van der Waals surface area contributed by atoms with E-state index in [0.29, 0.717) is 5.69 Å². The van der Waals surface area contributed by atoms with Crippen LogP contribution in [0.4, 0.5) is 15.8 Å². The van der Waals surface area contributed by atoms with E-state index in [1.807, 2.05) is 60.7 Å². The number of nitrogens with one attached hydrogen (secondary N) is 1. The lowest BCUT2D eigenvalue weighted by Crippen LogP contribution is -1.95. The molecule has 0 unspecified atom stereocenters. The molecule has 0 aromatic heterocycles. The molecule has 20 heavy (non-hydrogen) atoms. The first-order valence-electron chi connectivity index (χ1n) is 6.50. The Bertz CT molecular complexity index is 707. The first-order chi connectivity index (χ1) is 9.84. The van der Waals surface area contributed by atoms with Gasteiger partial charge in [-0.1, -0.05) is 60.7 Å². The summed E-state index contributed by atoms with van der Waals surface area (Å²) in [6.07, 6.45) is 0. The molecular weight excluding hydrogens is 249 g/mol. The SMILES string of the molecule is Fc1ccccc1Nc1ccccc1-c1ccccc1. The van der Waals surface area contributed by atoms with Crippen molar-refractivity contribution in [1.82, 2.24) is 0 Å². The number of para-hydroxylation sites is 2. The zero-order chi connectivity index (χ0) is 13.8. The van der Waals surface area contributed by atoms with Gasteiger partial charge in [-0.05, 0) is 23.8 Å². The highest BCUT2D eigenvalue weighted by atomic mass is 19.1. The van der Waals surface area contributed by atoms with Crippen molar-refractivity contribution < 1.29 is 4.39 Å². The fraction of sp³-hybridized carbons (Fsp3) is 0. The van der Waals surface area contributed by atoms with E-state index in [-0.39, 0.29) is 5.82 Å². The van der Waals surface area contributed by atoms with Crippen molar-refractivity contribution in [3.05, 3.63) is 84.7 Å². The summed E-state index contributed by atoms with van der Waals surface area (Å²) in [5, 5.41) is 3.16. The summed E-state index contributed by atoms with van der Waals surface area (Å²) < 4.78 is 13.7. The molecule has 0 amide bonds. The second-order valence-corrected chi connectivity index (χ2v) is 4.52. The normalized spacial score (nSPS) is 10.2. The van der Waals surface area contributed by atoms with Gasteiger partial charge in [-0.25, -0.2) is 4.39 Å². The second-order valence-electron chi connectivity index (χ2n) is 4.52. The number of hydrogen-bond acceptors (Lipinski definition) is 1. The third-order valence-corrected chi connectivity index (χ3v) is 3.16. The Morgan fingerprint density at radius 1 is 0.600 bits per heavy atom. The Balaban J connectivity index is 2.01. The zero-order valence-electron chi connectivity index (χ0n) is 10.9. The van der Waals surface area contributed by atoms with Crippen molar-refractivity contribution >= 4 is 11.4 Å². The molecule has 0 heterocycles. The third-order valence-electron chi connectivity index (χ3n) is 3.16. The lowest BCUT2D eigenvalue weighted by Gasteiger charge is -2.12. The van der Waals surface area contributed by atoms with E-state index in [4.69, 9.17) is 0 Å². The summed E-state index contributed by atoms with van der Waals surface area (Å²) in [6, 6.07) is 24.6. The van der Waals surface area contributed by atoms with E-state index in [1.54, 1.807) is 12.1 Å². The van der Waals surface area contributed by atoms with Crippen LogP contribution >= 0.6 is 0 Å². The third kappa shape index (κ3) is 2.54. The maximum absolute atomic E-state index is 13.7. The highest BCUT2D eigenvalue weighted by molar-refractivity contribution is 5.80. The molecule has 3 aromatic rings. The monoisotopic (exact) mass is 263 g/mol. The maximum Gasteiger partial charge on any atom is 0.146 e. The molecule has 0 fully saturated rings. The minimum Gasteiger partial charge on any atom is -0.353 e. The van der Waals surface area contributed by atoms with Crippen LogP contribution in [-0.4, -0.2) is 0 Å². The van der Waals surface area contributed by atoms with Gasteiger partial charge >= 0.3 is 0 Å². The van der Waals surface area contributed by atoms with Crippen LogP contribution in [0.3, 0.4) is 0 Å². The summed E-state index contributed by atoms with van der Waals surface area (Å²) in [5.41, 5.74) is 3.53. The molecule has 0 spiro atoms. The molecule has 0 aliphatic carbocycles. The van der Waals surface area contributed by atoms with E-state index in [2.05, 4.69) is 5.32 Å². The van der Waals surface area contributed by atoms with E-state index >= 15 is 0 Å². The molecule has 2 heteroatoms. The van der Waals surface area contributed by atoms with Gasteiger partial charge in [0.2, 0.25) is 0 Å². The van der Waals surface area contributed by atoms with Crippen LogP contribution in [0.15, 0.2) is 78.9 Å². The van der Waals surface area contributed by atoms with Gasteiger partial charge in [0.25, 0.3) is 0 Å². The van der Waals surface area contributed by atoms with Gasteiger partial charge < -0.3 is 5.32 Å². The minimum absolute atomic E-state index is 0.254. The smallest absolute Gasteiger partial charge is 0.146 e. The summed E-state index contributed by atoms with van der Waals surface area (Å²) in [7, 11) is 0. The Labute approximate surface area is 117 Å². The van der Waals surface area contributed by atoms with Crippen LogP contribution in [0, 0.1) is 5.82 Å². The maximum atomic E-state index is 13.7. The van der Waals surface area contributed by atoms with E-state index in [9.17, 15) is 4.39 Å². The van der Waals surface area contributed by atoms with Crippen LogP contribution in [0.25, 0.3) is 11.1 Å². The molecule has 0 radical (unpaired) electrons. The Hall–Kier alpha value is -2.61. The first kappa shape index (κ1) is 12.4. The summed E-state index contributed by atoms with van der Waals surface area (Å²) in [4.78, 5) is 0. The standard InChI is InChI=1S/C18H14FN/c19-16-11-5-7-13-18(16)20-17-12-6-4-10-15(17)14-8-2-1-3-9-14/h1-13,20H. The summed E-state index contributed by atoms with van der Waals surface area (Å²) in [5.74, 6) is -0.254. The first-order valence-corrected chi connectivity index (χ1v) is 6.50. The van der Waals surface area contributed by atoms with Crippen LogP contribution < -0.4 is 5.32 Å². The number of hydrogen-bond donors (Lipinski definition) is 1. The topological polar surface area (TPSA) is 12.0 Å². The molecule has 0 aliphatic heterocycles. The molecule has 0 atom stereocenters. The highest BCUT2D eigenvalue weighted by Gasteiger charge is 2.06. The summed E-state index contributed by atoms with van der Waals surface area (Å²) >= 11 is 0. The quantitative estimate of drug-likeness (QED) is 0.681. The minimum atomic E-state index is -0.254. The lowest BCUT2D eigenvalue weighted by molar-refractivity contribution is 0.632. The molecular formula is C18H14FN. The molecule has 0 saturated carbocycles. The van der Waals surface area contributed by atoms with Gasteiger partial charge in [-0.2, -0.15) is 0 Å². The van der Waals surface area contributed by atoms with Crippen molar-refractivity contribution in [3.63, 3.8) is 0 Å². The second kappa shape index (κ2) is 5.57. The Morgan fingerprint density at radius 3 is 1.95 bits per heavy atom. The number of rotatable bonds is 3. The molecule has 0 saturated heterocycles. The van der Waals surface area contributed by atoms with Gasteiger partial charge in [0, 0.05) is 11.3 Å². The zero-order valence-corrected chi connectivity index (χ0v) is 10.9. The molecule has 1 N–H and O–H groups in total. The summed E-state index contributed by atoms with van der Waals surface area (Å²) in [6.45, 7) is 0. The van der Waals surface area contributed by atoms with Gasteiger partial charge in [0.1, 0.15) is 5.82 Å². The Kier molecular flexibility index (Phi) is 3.46. The highest BCUT2D eigenvalue weighted by Crippen LogP contribution is 2.30. The van der Waals surface area contributed by atoms with Crippen LogP contribution in [0.2, 0.25) is 0 Å². The van der Waals surface area contributed by atoms with E-state index < -0.39 is 0 Å². The number of benzene rings is 3. The average Bonchev–Trinajstić information content (AvgIpc) is 2.51. The Morgan fingerprint density at radius 2 is 1.20 bits per heavy atom. The van der Waals surface area contributed by atoms with Crippen molar-refractivity contribution in [1.29, 1.82) is 0 Å². The number of halogens is 1. The fourth-order valence-corrected chi connectivity index (χ4v) is 2.17. The van der Waals surface area contributed by atoms with Crippen molar-refractivity contribution in [2.45, 2.75) is 0 Å². The van der Waals surface area contributed by atoms with Gasteiger partial charge in [-0.15, -0.1) is 0 Å². The molecule has 0 aliphatic rings. The van der Waals surface area contributed by atoms with Crippen LogP contribution in [0.1, 0.15) is 0 Å². The number of anilines is 2. The van der Waals surface area contributed by atoms with Gasteiger partial charge in [-0.3, -0.25) is 0 Å². The molecule has 1 nitrogen and oxygen atoms in total.